The van der Waals surface area contributed by atoms with Crippen molar-refractivity contribution < 1.29 is 14.7 Å². The number of rotatable bonds is 4. The lowest BCUT2D eigenvalue weighted by Gasteiger charge is -2.41. The van der Waals surface area contributed by atoms with Gasteiger partial charge >= 0.3 is 0 Å². The Labute approximate surface area is 155 Å². The van der Waals surface area contributed by atoms with Gasteiger partial charge in [0.1, 0.15) is 5.76 Å². The third-order valence-electron chi connectivity index (χ3n) is 6.92. The fraction of sp³-hybridized carbons (Fsp3) is 0.565. The monoisotopic (exact) mass is 352 g/mol. The number of benzene rings is 1. The van der Waals surface area contributed by atoms with E-state index < -0.39 is 11.6 Å². The average Bonchev–Trinajstić information content (AvgIpc) is 2.69. The number of ketones is 2. The first kappa shape index (κ1) is 17.5. The molecule has 1 aromatic carbocycles. The fourth-order valence-electron chi connectivity index (χ4n) is 5.62. The molecule has 0 heterocycles. The zero-order valence-electron chi connectivity index (χ0n) is 15.4. The van der Waals surface area contributed by atoms with Gasteiger partial charge in [-0.2, -0.15) is 0 Å². The van der Waals surface area contributed by atoms with E-state index in [1.807, 2.05) is 0 Å². The standard InChI is InChI=1S/C23H28O3/c24-21-18-12-3-4-13-19(18)22(25)23(26)20(21)14-6-10-16-9-5-8-15-7-1-2-11-17(15)16/h3-4,12-13,15-17,24H,1-2,5-11,14H2/t15-,16-,17+/m1/s1. The molecule has 3 atom stereocenters. The Kier molecular flexibility index (Phi) is 4.97. The van der Waals surface area contributed by atoms with Crippen LogP contribution in [0.25, 0.3) is 5.76 Å². The van der Waals surface area contributed by atoms with Gasteiger partial charge in [0, 0.05) is 16.7 Å². The predicted molar refractivity (Wildman–Crippen MR) is 102 cm³/mol. The molecule has 1 N–H and O–H groups in total. The van der Waals surface area contributed by atoms with Crippen LogP contribution in [0.2, 0.25) is 0 Å². The Bertz CT molecular complexity index is 744. The first-order valence-corrected chi connectivity index (χ1v) is 10.3. The second-order valence-electron chi connectivity index (χ2n) is 8.32. The van der Waals surface area contributed by atoms with Crippen LogP contribution in [0, 0.1) is 17.8 Å². The molecule has 138 valence electrons. The Balaban J connectivity index is 1.44. The highest BCUT2D eigenvalue weighted by molar-refractivity contribution is 6.52. The topological polar surface area (TPSA) is 54.4 Å². The van der Waals surface area contributed by atoms with Gasteiger partial charge in [-0.1, -0.05) is 62.8 Å². The number of aliphatic hydroxyl groups is 1. The van der Waals surface area contributed by atoms with Crippen LogP contribution in [0.5, 0.6) is 0 Å². The van der Waals surface area contributed by atoms with Crippen LogP contribution in [-0.4, -0.2) is 16.7 Å². The quantitative estimate of drug-likeness (QED) is 0.728. The van der Waals surface area contributed by atoms with Crippen molar-refractivity contribution in [1.29, 1.82) is 0 Å². The van der Waals surface area contributed by atoms with Gasteiger partial charge in [-0.25, -0.2) is 0 Å². The summed E-state index contributed by atoms with van der Waals surface area (Å²) in [5.41, 5.74) is 1.16. The molecule has 3 heteroatoms. The van der Waals surface area contributed by atoms with Gasteiger partial charge in [-0.15, -0.1) is 0 Å². The maximum atomic E-state index is 12.4. The molecule has 0 saturated heterocycles. The zero-order chi connectivity index (χ0) is 18.1. The second kappa shape index (κ2) is 7.38. The van der Waals surface area contributed by atoms with Gasteiger partial charge in [-0.05, 0) is 43.4 Å². The Morgan fingerprint density at radius 2 is 1.62 bits per heavy atom. The molecule has 0 radical (unpaired) electrons. The highest BCUT2D eigenvalue weighted by Crippen LogP contribution is 2.45. The van der Waals surface area contributed by atoms with Gasteiger partial charge < -0.3 is 5.11 Å². The van der Waals surface area contributed by atoms with Crippen molar-refractivity contribution in [3.63, 3.8) is 0 Å². The first-order chi connectivity index (χ1) is 12.7. The number of fused-ring (bicyclic) bond motifs is 2. The minimum Gasteiger partial charge on any atom is -0.507 e. The highest BCUT2D eigenvalue weighted by atomic mass is 16.3. The summed E-state index contributed by atoms with van der Waals surface area (Å²) in [5, 5.41) is 10.5. The summed E-state index contributed by atoms with van der Waals surface area (Å²) in [5.74, 6) is 1.58. The van der Waals surface area contributed by atoms with Crippen LogP contribution in [0.15, 0.2) is 29.8 Å². The van der Waals surface area contributed by atoms with E-state index in [0.29, 0.717) is 23.1 Å². The molecule has 0 aliphatic heterocycles. The molecule has 2 saturated carbocycles. The third kappa shape index (κ3) is 3.13. The van der Waals surface area contributed by atoms with Gasteiger partial charge in [0.25, 0.3) is 0 Å². The summed E-state index contributed by atoms with van der Waals surface area (Å²) in [6.45, 7) is 0. The number of carbonyl (C=O) groups is 2. The molecule has 3 aliphatic rings. The summed E-state index contributed by atoms with van der Waals surface area (Å²) in [7, 11) is 0. The second-order valence-corrected chi connectivity index (χ2v) is 8.32. The van der Waals surface area contributed by atoms with Crippen LogP contribution in [0.3, 0.4) is 0 Å². The van der Waals surface area contributed by atoms with Crippen molar-refractivity contribution >= 4 is 17.3 Å². The van der Waals surface area contributed by atoms with Gasteiger partial charge in [-0.3, -0.25) is 9.59 Å². The number of aliphatic hydroxyl groups excluding tert-OH is 1. The SMILES string of the molecule is O=C1C(=O)c2ccccc2C(O)=C1CCC[C@H]1CCC[C@H]2CCCC[C@@H]21. The summed E-state index contributed by atoms with van der Waals surface area (Å²) in [6, 6.07) is 6.86. The predicted octanol–water partition coefficient (Wildman–Crippen LogP) is 5.50. The number of carbonyl (C=O) groups excluding carboxylic acids is 2. The molecule has 3 aliphatic carbocycles. The van der Waals surface area contributed by atoms with Gasteiger partial charge in [0.2, 0.25) is 11.6 Å². The zero-order valence-corrected chi connectivity index (χ0v) is 15.4. The lowest BCUT2D eigenvalue weighted by molar-refractivity contribution is -0.112. The van der Waals surface area contributed by atoms with Crippen molar-refractivity contribution in [2.75, 3.05) is 0 Å². The van der Waals surface area contributed by atoms with E-state index in [0.717, 1.165) is 30.6 Å². The summed E-state index contributed by atoms with van der Waals surface area (Å²) < 4.78 is 0. The minimum absolute atomic E-state index is 0.0180. The van der Waals surface area contributed by atoms with E-state index in [9.17, 15) is 14.7 Å². The number of Topliss-reactive ketones (excluding diaryl/α,β-unsaturated/α-hetero) is 2. The summed E-state index contributed by atoms with van der Waals surface area (Å²) in [4.78, 5) is 24.8. The lowest BCUT2D eigenvalue weighted by Crippen LogP contribution is -2.31. The van der Waals surface area contributed by atoms with E-state index in [2.05, 4.69) is 0 Å². The summed E-state index contributed by atoms with van der Waals surface area (Å²) >= 11 is 0. The van der Waals surface area contributed by atoms with E-state index in [-0.39, 0.29) is 5.76 Å². The number of hydrogen-bond donors (Lipinski definition) is 1. The highest BCUT2D eigenvalue weighted by Gasteiger charge is 2.35. The average molecular weight is 352 g/mol. The number of allylic oxidation sites excluding steroid dienone is 1. The summed E-state index contributed by atoms with van der Waals surface area (Å²) in [6.07, 6.45) is 12.1. The molecule has 0 bridgehead atoms. The minimum atomic E-state index is -0.514. The normalized spacial score (nSPS) is 28.7. The van der Waals surface area contributed by atoms with Crippen molar-refractivity contribution in [2.45, 2.75) is 64.2 Å². The van der Waals surface area contributed by atoms with Gasteiger partial charge in [0.15, 0.2) is 0 Å². The Morgan fingerprint density at radius 1 is 0.885 bits per heavy atom. The molecule has 3 nitrogen and oxygen atoms in total. The maximum Gasteiger partial charge on any atom is 0.234 e. The smallest absolute Gasteiger partial charge is 0.234 e. The molecule has 0 aromatic heterocycles. The van der Waals surface area contributed by atoms with Crippen molar-refractivity contribution in [3.8, 4) is 0 Å². The molecular formula is C23H28O3. The van der Waals surface area contributed by atoms with Gasteiger partial charge in [0.05, 0.1) is 0 Å². The molecular weight excluding hydrogens is 324 g/mol. The fourth-order valence-corrected chi connectivity index (χ4v) is 5.62. The van der Waals surface area contributed by atoms with Crippen LogP contribution in [0.1, 0.15) is 80.1 Å². The third-order valence-corrected chi connectivity index (χ3v) is 6.92. The molecule has 1 aromatic rings. The molecule has 0 amide bonds. The van der Waals surface area contributed by atoms with Crippen LogP contribution >= 0.6 is 0 Å². The van der Waals surface area contributed by atoms with E-state index in [1.165, 1.54) is 44.9 Å². The van der Waals surface area contributed by atoms with E-state index in [4.69, 9.17) is 0 Å². The van der Waals surface area contributed by atoms with E-state index >= 15 is 0 Å². The van der Waals surface area contributed by atoms with Crippen molar-refractivity contribution in [3.05, 3.63) is 41.0 Å². The van der Waals surface area contributed by atoms with E-state index in [1.54, 1.807) is 24.3 Å². The van der Waals surface area contributed by atoms with Crippen LogP contribution in [-0.2, 0) is 4.79 Å². The number of hydrogen-bond acceptors (Lipinski definition) is 3. The molecule has 4 rings (SSSR count). The van der Waals surface area contributed by atoms with Crippen molar-refractivity contribution in [2.24, 2.45) is 17.8 Å². The molecule has 0 spiro atoms. The van der Waals surface area contributed by atoms with Crippen LogP contribution < -0.4 is 0 Å². The Hall–Kier alpha value is -1.90. The largest absolute Gasteiger partial charge is 0.507 e. The maximum absolute atomic E-state index is 12.4. The lowest BCUT2D eigenvalue weighted by atomic mass is 9.64. The molecule has 2 fully saturated rings. The molecule has 26 heavy (non-hydrogen) atoms. The van der Waals surface area contributed by atoms with Crippen molar-refractivity contribution in [1.82, 2.24) is 0 Å². The first-order valence-electron chi connectivity index (χ1n) is 10.3. The Morgan fingerprint density at radius 3 is 2.46 bits per heavy atom. The molecule has 0 unspecified atom stereocenters. The van der Waals surface area contributed by atoms with Crippen LogP contribution in [0.4, 0.5) is 0 Å².